The van der Waals surface area contributed by atoms with Crippen LogP contribution in [-0.4, -0.2) is 41.0 Å². The molecule has 0 aromatic carbocycles. The summed E-state index contributed by atoms with van der Waals surface area (Å²) in [5, 5.41) is 6.63. The molecule has 18 heavy (non-hydrogen) atoms. The summed E-state index contributed by atoms with van der Waals surface area (Å²) >= 11 is 1.66. The number of aromatic nitrogens is 2. The normalized spacial score (nSPS) is 16.4. The molecule has 0 saturated carbocycles. The third-order valence-electron chi connectivity index (χ3n) is 3.40. The molecule has 96 valence electrons. The van der Waals surface area contributed by atoms with E-state index < -0.39 is 0 Å². The van der Waals surface area contributed by atoms with Crippen molar-refractivity contribution in [3.63, 3.8) is 0 Å². The summed E-state index contributed by atoms with van der Waals surface area (Å²) in [6, 6.07) is 2.09. The van der Waals surface area contributed by atoms with E-state index in [1.54, 1.807) is 17.7 Å². The van der Waals surface area contributed by atoms with Crippen LogP contribution in [0.15, 0.2) is 17.8 Å². The van der Waals surface area contributed by atoms with Crippen LogP contribution >= 0.6 is 11.3 Å². The van der Waals surface area contributed by atoms with Gasteiger partial charge in [-0.3, -0.25) is 0 Å². The zero-order valence-electron chi connectivity index (χ0n) is 10.4. The molecule has 0 amide bonds. The van der Waals surface area contributed by atoms with Crippen molar-refractivity contribution in [3.8, 4) is 0 Å². The van der Waals surface area contributed by atoms with Crippen molar-refractivity contribution in [2.45, 2.75) is 19.3 Å². The second-order valence-electron chi connectivity index (χ2n) is 4.69. The van der Waals surface area contributed by atoms with Crippen molar-refractivity contribution in [2.75, 3.05) is 31.5 Å². The Balaban J connectivity index is 1.51. The quantitative estimate of drug-likeness (QED) is 0.841. The van der Waals surface area contributed by atoms with E-state index >= 15 is 0 Å². The number of thiophene rings is 1. The Morgan fingerprint density at radius 2 is 2.17 bits per heavy atom. The molecule has 0 bridgehead atoms. The van der Waals surface area contributed by atoms with Gasteiger partial charge in [-0.2, -0.15) is 0 Å². The van der Waals surface area contributed by atoms with Crippen LogP contribution in [0.3, 0.4) is 0 Å². The average Bonchev–Trinajstić information content (AvgIpc) is 3.05. The molecule has 3 rings (SSSR count). The van der Waals surface area contributed by atoms with E-state index in [1.165, 1.54) is 38.9 Å². The first kappa shape index (κ1) is 11.9. The van der Waals surface area contributed by atoms with Crippen LogP contribution in [0.4, 0.5) is 5.82 Å². The number of nitrogens with zero attached hydrogens (tertiary/aromatic N) is 3. The number of nitrogens with one attached hydrogen (secondary N) is 1. The highest BCUT2D eigenvalue weighted by Gasteiger charge is 2.10. The van der Waals surface area contributed by atoms with Gasteiger partial charge in [-0.1, -0.05) is 0 Å². The third kappa shape index (κ3) is 2.62. The number of rotatable bonds is 5. The molecule has 1 N–H and O–H groups in total. The highest BCUT2D eigenvalue weighted by atomic mass is 32.1. The summed E-state index contributed by atoms with van der Waals surface area (Å²) in [6.07, 6.45) is 5.56. The second-order valence-corrected chi connectivity index (χ2v) is 5.59. The largest absolute Gasteiger partial charge is 0.369 e. The zero-order valence-corrected chi connectivity index (χ0v) is 11.2. The van der Waals surface area contributed by atoms with Crippen LogP contribution < -0.4 is 5.32 Å². The zero-order chi connectivity index (χ0) is 12.2. The SMILES string of the molecule is c1nc(NCCCN2CCCC2)c2ccsc2n1. The Morgan fingerprint density at radius 1 is 1.28 bits per heavy atom. The van der Waals surface area contributed by atoms with Gasteiger partial charge < -0.3 is 10.2 Å². The molecule has 0 aliphatic carbocycles. The number of hydrogen-bond donors (Lipinski definition) is 1. The molecule has 1 aliphatic heterocycles. The minimum Gasteiger partial charge on any atom is -0.369 e. The van der Waals surface area contributed by atoms with Gasteiger partial charge in [0.1, 0.15) is 17.0 Å². The van der Waals surface area contributed by atoms with E-state index in [1.807, 2.05) is 0 Å². The third-order valence-corrected chi connectivity index (χ3v) is 4.22. The summed E-state index contributed by atoms with van der Waals surface area (Å²) in [5.41, 5.74) is 0. The summed E-state index contributed by atoms with van der Waals surface area (Å²) in [5.74, 6) is 0.975. The van der Waals surface area contributed by atoms with Crippen molar-refractivity contribution in [1.29, 1.82) is 0 Å². The molecule has 0 radical (unpaired) electrons. The number of likely N-dealkylation sites (tertiary alicyclic amines) is 1. The van der Waals surface area contributed by atoms with Crippen LogP contribution in [0.2, 0.25) is 0 Å². The minimum atomic E-state index is 0.975. The maximum atomic E-state index is 4.32. The topological polar surface area (TPSA) is 41.1 Å². The lowest BCUT2D eigenvalue weighted by atomic mass is 10.3. The van der Waals surface area contributed by atoms with Gasteiger partial charge in [0.25, 0.3) is 0 Å². The molecular formula is C13H18N4S. The van der Waals surface area contributed by atoms with E-state index in [0.29, 0.717) is 0 Å². The van der Waals surface area contributed by atoms with E-state index in [0.717, 1.165) is 22.6 Å². The van der Waals surface area contributed by atoms with Crippen molar-refractivity contribution < 1.29 is 0 Å². The molecule has 2 aromatic rings. The smallest absolute Gasteiger partial charge is 0.138 e. The molecule has 4 nitrogen and oxygen atoms in total. The molecule has 0 unspecified atom stereocenters. The van der Waals surface area contributed by atoms with E-state index in [4.69, 9.17) is 0 Å². The first-order valence-electron chi connectivity index (χ1n) is 6.58. The fraction of sp³-hybridized carbons (Fsp3) is 0.538. The van der Waals surface area contributed by atoms with Crippen LogP contribution in [0.1, 0.15) is 19.3 Å². The predicted molar refractivity (Wildman–Crippen MR) is 76.2 cm³/mol. The van der Waals surface area contributed by atoms with Gasteiger partial charge in [-0.25, -0.2) is 9.97 Å². The van der Waals surface area contributed by atoms with Gasteiger partial charge in [0.05, 0.1) is 5.39 Å². The fourth-order valence-electron chi connectivity index (χ4n) is 2.45. The maximum Gasteiger partial charge on any atom is 0.138 e. The predicted octanol–water partition coefficient (Wildman–Crippen LogP) is 2.59. The first-order valence-corrected chi connectivity index (χ1v) is 7.46. The van der Waals surface area contributed by atoms with Crippen LogP contribution in [0.25, 0.3) is 10.2 Å². The summed E-state index contributed by atoms with van der Waals surface area (Å²) in [4.78, 5) is 12.2. The second kappa shape index (κ2) is 5.63. The van der Waals surface area contributed by atoms with Crippen LogP contribution in [-0.2, 0) is 0 Å². The Kier molecular flexibility index (Phi) is 3.71. The first-order chi connectivity index (χ1) is 8.93. The molecular weight excluding hydrogens is 244 g/mol. The molecule has 3 heterocycles. The van der Waals surface area contributed by atoms with Crippen LogP contribution in [0.5, 0.6) is 0 Å². The standard InChI is InChI=1S/C13H18N4S/c1-2-7-17(6-1)8-3-5-14-12-11-4-9-18-13(11)16-10-15-12/h4,9-10H,1-3,5-8H2,(H,14,15,16). The summed E-state index contributed by atoms with van der Waals surface area (Å²) in [7, 11) is 0. The van der Waals surface area contributed by atoms with E-state index in [-0.39, 0.29) is 0 Å². The molecule has 5 heteroatoms. The van der Waals surface area contributed by atoms with Gasteiger partial charge in [0.15, 0.2) is 0 Å². The molecule has 2 aromatic heterocycles. The molecule has 0 atom stereocenters. The molecule has 1 aliphatic rings. The van der Waals surface area contributed by atoms with E-state index in [9.17, 15) is 0 Å². The number of hydrogen-bond acceptors (Lipinski definition) is 5. The maximum absolute atomic E-state index is 4.32. The van der Waals surface area contributed by atoms with Gasteiger partial charge in [-0.05, 0) is 50.3 Å². The Hall–Kier alpha value is -1.20. The average molecular weight is 262 g/mol. The lowest BCUT2D eigenvalue weighted by molar-refractivity contribution is 0.337. The molecule has 1 saturated heterocycles. The minimum absolute atomic E-state index is 0.975. The van der Waals surface area contributed by atoms with Gasteiger partial charge in [0.2, 0.25) is 0 Å². The highest BCUT2D eigenvalue weighted by Crippen LogP contribution is 2.23. The highest BCUT2D eigenvalue weighted by molar-refractivity contribution is 7.16. The van der Waals surface area contributed by atoms with Crippen molar-refractivity contribution in [2.24, 2.45) is 0 Å². The monoisotopic (exact) mass is 262 g/mol. The molecule has 0 spiro atoms. The van der Waals surface area contributed by atoms with Crippen molar-refractivity contribution in [3.05, 3.63) is 17.8 Å². The lowest BCUT2D eigenvalue weighted by Crippen LogP contribution is -2.22. The Morgan fingerprint density at radius 3 is 3.06 bits per heavy atom. The van der Waals surface area contributed by atoms with Crippen molar-refractivity contribution >= 4 is 27.4 Å². The Bertz CT molecular complexity index is 504. The number of fused-ring (bicyclic) bond motifs is 1. The van der Waals surface area contributed by atoms with Crippen LogP contribution in [0, 0.1) is 0 Å². The number of anilines is 1. The van der Waals surface area contributed by atoms with E-state index in [2.05, 4.69) is 31.6 Å². The summed E-state index contributed by atoms with van der Waals surface area (Å²) < 4.78 is 0. The fourth-order valence-corrected chi connectivity index (χ4v) is 3.18. The molecule has 1 fully saturated rings. The van der Waals surface area contributed by atoms with Gasteiger partial charge >= 0.3 is 0 Å². The van der Waals surface area contributed by atoms with Crippen molar-refractivity contribution in [1.82, 2.24) is 14.9 Å². The Labute approximate surface area is 111 Å². The van der Waals surface area contributed by atoms with Gasteiger partial charge in [0, 0.05) is 6.54 Å². The van der Waals surface area contributed by atoms with Gasteiger partial charge in [-0.15, -0.1) is 11.3 Å². The lowest BCUT2D eigenvalue weighted by Gasteiger charge is -2.14. The summed E-state index contributed by atoms with van der Waals surface area (Å²) in [6.45, 7) is 4.74.